The summed E-state index contributed by atoms with van der Waals surface area (Å²) in [6.07, 6.45) is 1.80. The van der Waals surface area contributed by atoms with Crippen molar-refractivity contribution in [3.8, 4) is 0 Å². The second-order valence-electron chi connectivity index (χ2n) is 12.0. The van der Waals surface area contributed by atoms with E-state index in [1.165, 1.54) is 0 Å². The quantitative estimate of drug-likeness (QED) is 0.279. The van der Waals surface area contributed by atoms with Gasteiger partial charge in [0.1, 0.15) is 32.9 Å². The Bertz CT molecular complexity index is 1900. The van der Waals surface area contributed by atoms with Crippen LogP contribution >= 0.6 is 12.4 Å². The molecule has 1 atom stereocenters. The van der Waals surface area contributed by atoms with Gasteiger partial charge < -0.3 is 16.4 Å². The van der Waals surface area contributed by atoms with Crippen LogP contribution in [0.15, 0.2) is 64.7 Å². The van der Waals surface area contributed by atoms with Gasteiger partial charge in [0.05, 0.1) is 12.0 Å². The van der Waals surface area contributed by atoms with Crippen molar-refractivity contribution in [2.45, 2.75) is 55.3 Å². The highest BCUT2D eigenvalue weighted by Gasteiger charge is 2.49. The number of carbonyl (C=O) groups excluding carboxylic acids is 1. The van der Waals surface area contributed by atoms with Crippen LogP contribution in [0.2, 0.25) is 0 Å². The van der Waals surface area contributed by atoms with E-state index in [9.17, 15) is 47.6 Å². The maximum Gasteiger partial charge on any atom is 0.315 e. The van der Waals surface area contributed by atoms with E-state index >= 15 is 0 Å². The summed E-state index contributed by atoms with van der Waals surface area (Å²) in [7, 11) is -11.9. The molecule has 0 radical (unpaired) electrons. The molecule has 5 N–H and O–H groups in total. The second-order valence-corrected chi connectivity index (χ2v) is 18.0. The molecule has 2 amide bonds. The Morgan fingerprint density at radius 1 is 0.896 bits per heavy atom. The molecule has 0 spiro atoms. The first-order valence-corrected chi connectivity index (χ1v) is 19.4. The average molecular weight is 763 g/mol. The van der Waals surface area contributed by atoms with E-state index in [1.54, 1.807) is 0 Å². The van der Waals surface area contributed by atoms with Gasteiger partial charge >= 0.3 is 6.03 Å². The highest BCUT2D eigenvalue weighted by atomic mass is 35.5. The molecule has 3 rings (SSSR count). The summed E-state index contributed by atoms with van der Waals surface area (Å²) in [4.78, 5) is 11.6. The van der Waals surface area contributed by atoms with Crippen LogP contribution in [0, 0.1) is 11.6 Å². The van der Waals surface area contributed by atoms with Gasteiger partial charge in [0.15, 0.2) is 19.7 Å². The number of urea groups is 1. The molecule has 0 aromatic heterocycles. The minimum atomic E-state index is -4.26. The van der Waals surface area contributed by atoms with Crippen molar-refractivity contribution in [2.24, 2.45) is 5.73 Å². The zero-order chi connectivity index (χ0) is 36.2. The van der Waals surface area contributed by atoms with Crippen LogP contribution in [-0.4, -0.2) is 61.3 Å². The monoisotopic (exact) mass is 762 g/mol. The fourth-order valence-electron chi connectivity index (χ4n) is 4.24. The van der Waals surface area contributed by atoms with Gasteiger partial charge in [-0.05, 0) is 34.8 Å². The fourth-order valence-corrected chi connectivity index (χ4v) is 6.67. The van der Waals surface area contributed by atoms with E-state index < -0.39 is 87.3 Å². The van der Waals surface area contributed by atoms with E-state index in [-0.39, 0.29) is 36.5 Å². The van der Waals surface area contributed by atoms with Crippen molar-refractivity contribution in [3.63, 3.8) is 0 Å². The lowest BCUT2D eigenvalue weighted by molar-refractivity contribution is 0.238. The fraction of sp³-hybridized carbons (Fsp3) is 0.414. The van der Waals surface area contributed by atoms with Gasteiger partial charge in [-0.1, -0.05) is 45.0 Å². The minimum absolute atomic E-state index is 0. The Labute approximate surface area is 284 Å². The van der Waals surface area contributed by atoms with Crippen LogP contribution in [-0.2, 0) is 48.2 Å². The first-order chi connectivity index (χ1) is 21.3. The third kappa shape index (κ3) is 11.5. The maximum atomic E-state index is 14.9. The number of sulfone groups is 2. The lowest BCUT2D eigenvalue weighted by Crippen LogP contribution is -2.52. The number of nitrogens with two attached hydrogens (primary N) is 1. The minimum Gasteiger partial charge on any atom is -0.336 e. The van der Waals surface area contributed by atoms with Crippen LogP contribution in [0.4, 0.5) is 22.4 Å². The topological polar surface area (TPSA) is 182 Å². The van der Waals surface area contributed by atoms with E-state index in [0.717, 1.165) is 36.0 Å². The predicted molar refractivity (Wildman–Crippen MR) is 177 cm³/mol. The predicted octanol–water partition coefficient (Wildman–Crippen LogP) is 3.80. The summed E-state index contributed by atoms with van der Waals surface area (Å²) in [5.74, 6) is -4.23. The lowest BCUT2D eigenvalue weighted by atomic mass is 9.87. The molecule has 0 saturated carbocycles. The number of rotatable bonds is 9. The van der Waals surface area contributed by atoms with Crippen LogP contribution in [0.1, 0.15) is 43.9 Å². The number of benzene rings is 2. The van der Waals surface area contributed by atoms with Gasteiger partial charge in [0, 0.05) is 44.1 Å². The molecule has 0 bridgehead atoms. The van der Waals surface area contributed by atoms with Gasteiger partial charge in [-0.15, -0.1) is 12.4 Å². The molecule has 0 heterocycles. The van der Waals surface area contributed by atoms with Gasteiger partial charge in [0.2, 0.25) is 10.0 Å². The second kappa shape index (κ2) is 16.0. The molecule has 0 aliphatic heterocycles. The third-order valence-electron chi connectivity index (χ3n) is 6.97. The maximum absolute atomic E-state index is 14.9. The Kier molecular flexibility index (Phi) is 14.3. The Morgan fingerprint density at radius 3 is 1.92 bits per heavy atom. The first-order valence-electron chi connectivity index (χ1n) is 13.7. The molecule has 270 valence electrons. The molecule has 0 fully saturated rings. The summed E-state index contributed by atoms with van der Waals surface area (Å²) >= 11 is 0. The Balaban J connectivity index is 0.000000643. The zero-order valence-electron chi connectivity index (χ0n) is 26.9. The number of halogens is 5. The summed E-state index contributed by atoms with van der Waals surface area (Å²) in [6.45, 7) is 5.43. The van der Waals surface area contributed by atoms with Crippen LogP contribution in [0.25, 0.3) is 0 Å². The number of hydrogen-bond acceptors (Lipinski definition) is 8. The van der Waals surface area contributed by atoms with E-state index in [4.69, 9.17) is 5.73 Å². The molecule has 1 unspecified atom stereocenters. The molecular formula is C29H39ClF4N4O7S3. The molecular weight excluding hydrogens is 724 g/mol. The molecule has 2 aromatic carbocycles. The smallest absolute Gasteiger partial charge is 0.315 e. The number of allylic oxidation sites excluding steroid dienone is 2. The van der Waals surface area contributed by atoms with Gasteiger partial charge in [-0.2, -0.15) is 0 Å². The van der Waals surface area contributed by atoms with E-state index in [2.05, 4.69) is 31.4 Å². The van der Waals surface area contributed by atoms with Crippen molar-refractivity contribution < 1.29 is 47.6 Å². The number of amides is 2. The van der Waals surface area contributed by atoms with Crippen LogP contribution in [0.3, 0.4) is 0 Å². The van der Waals surface area contributed by atoms with E-state index in [0.29, 0.717) is 12.1 Å². The molecule has 1 aliphatic rings. The summed E-state index contributed by atoms with van der Waals surface area (Å²) in [6, 6.07) is 8.24. The van der Waals surface area contributed by atoms with Gasteiger partial charge in [-0.3, -0.25) is 4.72 Å². The summed E-state index contributed by atoms with van der Waals surface area (Å²) in [5, 5.41) is 4.83. The molecule has 19 heteroatoms. The number of hydrogen-bond donors (Lipinski definition) is 4. The van der Waals surface area contributed by atoms with Crippen molar-refractivity contribution >= 4 is 48.1 Å². The summed E-state index contributed by atoms with van der Waals surface area (Å²) < 4.78 is 124. The number of nitrogens with one attached hydrogen (secondary N) is 3. The van der Waals surface area contributed by atoms with Crippen molar-refractivity contribution in [3.05, 3.63) is 88.1 Å². The third-order valence-corrected chi connectivity index (χ3v) is 10.6. The molecule has 1 aliphatic carbocycles. The first kappa shape index (κ1) is 42.8. The zero-order valence-corrected chi connectivity index (χ0v) is 30.2. The number of sulfonamides is 1. The average Bonchev–Trinajstić information content (AvgIpc) is 2.92. The molecule has 11 nitrogen and oxygen atoms in total. The molecule has 48 heavy (non-hydrogen) atoms. The normalized spacial score (nSPS) is 16.9. The Hall–Kier alpha value is -3.19. The SMILES string of the molecule is CC(C)(C)c1ccc(CNC(=O)NCC2(S(C)(=O)=O)CC(F)=C(NS(C)(=O)=O)C=C2F)cc1.CS(=O)(=O)c1cc(F)c(CN)cc1F.Cl. The highest BCUT2D eigenvalue weighted by Crippen LogP contribution is 2.39. The van der Waals surface area contributed by atoms with Crippen LogP contribution < -0.4 is 21.1 Å². The molecule has 0 saturated heterocycles. The molecule has 2 aromatic rings. The van der Waals surface area contributed by atoms with Crippen molar-refractivity contribution in [2.75, 3.05) is 25.3 Å². The Morgan fingerprint density at radius 2 is 1.46 bits per heavy atom. The largest absolute Gasteiger partial charge is 0.336 e. The van der Waals surface area contributed by atoms with Gasteiger partial charge in [0.25, 0.3) is 0 Å². The standard InChI is InChI=1S/C21H29F2N3O5S2.C8H9F2NO2S.ClH/c1-20(2,3)15-8-6-14(7-9-15)12-24-19(27)25-13-21(32(4,28)29)11-16(22)17(10-18(21)23)26-33(5,30)31;1-14(12,13)8-3-6(9)5(4-11)2-7(8)10;/h6-10,26H,11-13H2,1-5H3,(H2,24,25,27);2-3H,4,11H2,1H3;1H. The highest BCUT2D eigenvalue weighted by molar-refractivity contribution is 7.92. The van der Waals surface area contributed by atoms with Crippen LogP contribution in [0.5, 0.6) is 0 Å². The van der Waals surface area contributed by atoms with Crippen molar-refractivity contribution in [1.82, 2.24) is 15.4 Å². The summed E-state index contributed by atoms with van der Waals surface area (Å²) in [5.41, 5.74) is 6.28. The van der Waals surface area contributed by atoms with Gasteiger partial charge in [-0.25, -0.2) is 47.6 Å². The van der Waals surface area contributed by atoms with Crippen molar-refractivity contribution in [1.29, 1.82) is 0 Å². The van der Waals surface area contributed by atoms with E-state index in [1.807, 2.05) is 29.0 Å². The lowest BCUT2D eigenvalue weighted by Gasteiger charge is -2.33. The number of carbonyl (C=O) groups is 1.